The fourth-order valence-corrected chi connectivity index (χ4v) is 3.64. The Labute approximate surface area is 166 Å². The van der Waals surface area contributed by atoms with Crippen molar-refractivity contribution in [2.75, 3.05) is 38.1 Å². The number of carbonyl (C=O) groups is 1. The number of benzene rings is 2. The van der Waals surface area contributed by atoms with Gasteiger partial charge < -0.3 is 15.0 Å². The minimum Gasteiger partial charge on any atom is -0.462 e. The minimum atomic E-state index is -0.332. The van der Waals surface area contributed by atoms with Crippen LogP contribution in [0, 0.1) is 0 Å². The molecule has 0 fully saturated rings. The number of hydrogen-bond donors (Lipinski definition) is 2. The van der Waals surface area contributed by atoms with Crippen LogP contribution in [0.5, 0.6) is 0 Å². The van der Waals surface area contributed by atoms with Gasteiger partial charge in [0.2, 0.25) is 0 Å². The smallest absolute Gasteiger partial charge is 0.341 e. The molecule has 0 aliphatic rings. The molecule has 5 nitrogen and oxygen atoms in total. The molecule has 2 N–H and O–H groups in total. The maximum absolute atomic E-state index is 12.5. The highest BCUT2D eigenvalue weighted by molar-refractivity contribution is 6.13. The molecule has 1 aromatic heterocycles. The summed E-state index contributed by atoms with van der Waals surface area (Å²) in [4.78, 5) is 18.7. The zero-order valence-electron chi connectivity index (χ0n) is 17.0. The molecular formula is C23H30N3O2+. The van der Waals surface area contributed by atoms with Gasteiger partial charge in [-0.1, -0.05) is 36.4 Å². The molecule has 0 radical (unpaired) electrons. The van der Waals surface area contributed by atoms with Crippen molar-refractivity contribution in [2.45, 2.75) is 27.2 Å². The molecule has 2 aromatic carbocycles. The van der Waals surface area contributed by atoms with E-state index in [0.717, 1.165) is 60.0 Å². The Morgan fingerprint density at radius 3 is 2.61 bits per heavy atom. The van der Waals surface area contributed by atoms with Crippen LogP contribution in [0.3, 0.4) is 0 Å². The van der Waals surface area contributed by atoms with E-state index in [9.17, 15) is 4.79 Å². The first-order valence-electron chi connectivity index (χ1n) is 10.2. The average molecular weight is 381 g/mol. The van der Waals surface area contributed by atoms with Gasteiger partial charge in [0.05, 0.1) is 37.4 Å². The van der Waals surface area contributed by atoms with Crippen LogP contribution in [0.25, 0.3) is 21.7 Å². The lowest BCUT2D eigenvalue weighted by Crippen LogP contribution is -3.11. The van der Waals surface area contributed by atoms with Gasteiger partial charge in [-0.3, -0.25) is 4.98 Å². The SMILES string of the molecule is CCOC(=O)c1cnc2c(ccc3ccccc32)c1NCCC[NH+](CC)CC. The van der Waals surface area contributed by atoms with Gasteiger partial charge in [-0.2, -0.15) is 0 Å². The molecule has 0 atom stereocenters. The van der Waals surface area contributed by atoms with Crippen molar-refractivity contribution in [3.8, 4) is 0 Å². The van der Waals surface area contributed by atoms with E-state index < -0.39 is 0 Å². The van der Waals surface area contributed by atoms with Gasteiger partial charge in [0.1, 0.15) is 5.56 Å². The monoisotopic (exact) mass is 380 g/mol. The summed E-state index contributed by atoms with van der Waals surface area (Å²) >= 11 is 0. The molecule has 3 aromatic rings. The largest absolute Gasteiger partial charge is 0.462 e. The van der Waals surface area contributed by atoms with Crippen molar-refractivity contribution in [1.29, 1.82) is 0 Å². The molecule has 0 aliphatic carbocycles. The molecule has 1 heterocycles. The van der Waals surface area contributed by atoms with Crippen LogP contribution in [-0.4, -0.2) is 43.7 Å². The number of rotatable bonds is 9. The van der Waals surface area contributed by atoms with Gasteiger partial charge in [-0.15, -0.1) is 0 Å². The molecule has 0 spiro atoms. The van der Waals surface area contributed by atoms with E-state index in [2.05, 4.69) is 42.3 Å². The summed E-state index contributed by atoms with van der Waals surface area (Å²) in [6.07, 6.45) is 2.68. The summed E-state index contributed by atoms with van der Waals surface area (Å²) in [5, 5.41) is 6.70. The van der Waals surface area contributed by atoms with Gasteiger partial charge in [0.15, 0.2) is 0 Å². The highest BCUT2D eigenvalue weighted by atomic mass is 16.5. The molecule has 5 heteroatoms. The lowest BCUT2D eigenvalue weighted by atomic mass is 10.0. The zero-order chi connectivity index (χ0) is 19.9. The summed E-state index contributed by atoms with van der Waals surface area (Å²) in [6, 6.07) is 12.3. The Kier molecular flexibility index (Phi) is 6.82. The summed E-state index contributed by atoms with van der Waals surface area (Å²) < 4.78 is 5.26. The molecule has 0 aliphatic heterocycles. The minimum absolute atomic E-state index is 0.332. The molecule has 0 bridgehead atoms. The number of hydrogen-bond acceptors (Lipinski definition) is 4. The van der Waals surface area contributed by atoms with E-state index in [1.165, 1.54) is 0 Å². The maximum atomic E-state index is 12.5. The van der Waals surface area contributed by atoms with E-state index in [0.29, 0.717) is 12.2 Å². The predicted octanol–water partition coefficient (Wildman–Crippen LogP) is 3.29. The fraction of sp³-hybridized carbons (Fsp3) is 0.391. The van der Waals surface area contributed by atoms with E-state index in [-0.39, 0.29) is 5.97 Å². The summed E-state index contributed by atoms with van der Waals surface area (Å²) in [7, 11) is 0. The molecule has 0 saturated heterocycles. The van der Waals surface area contributed by atoms with Crippen molar-refractivity contribution in [1.82, 2.24) is 4.98 Å². The van der Waals surface area contributed by atoms with E-state index in [1.54, 1.807) is 11.1 Å². The second-order valence-corrected chi connectivity index (χ2v) is 6.94. The van der Waals surface area contributed by atoms with Gasteiger partial charge >= 0.3 is 5.97 Å². The van der Waals surface area contributed by atoms with E-state index in [4.69, 9.17) is 4.74 Å². The second-order valence-electron chi connectivity index (χ2n) is 6.94. The van der Waals surface area contributed by atoms with Crippen molar-refractivity contribution in [3.63, 3.8) is 0 Å². The number of fused-ring (bicyclic) bond motifs is 3. The van der Waals surface area contributed by atoms with Crippen molar-refractivity contribution in [3.05, 3.63) is 48.2 Å². The lowest BCUT2D eigenvalue weighted by molar-refractivity contribution is -0.896. The van der Waals surface area contributed by atoms with Gasteiger partial charge in [0, 0.05) is 29.9 Å². The Hall–Kier alpha value is -2.66. The van der Waals surface area contributed by atoms with Crippen LogP contribution in [0.1, 0.15) is 37.6 Å². The third-order valence-corrected chi connectivity index (χ3v) is 5.27. The normalized spacial score (nSPS) is 11.3. The van der Waals surface area contributed by atoms with Crippen LogP contribution in [0.4, 0.5) is 5.69 Å². The first-order chi connectivity index (χ1) is 13.7. The maximum Gasteiger partial charge on any atom is 0.341 e. The molecule has 148 valence electrons. The third-order valence-electron chi connectivity index (χ3n) is 5.27. The van der Waals surface area contributed by atoms with Crippen molar-refractivity contribution < 1.29 is 14.4 Å². The first-order valence-corrected chi connectivity index (χ1v) is 10.2. The topological polar surface area (TPSA) is 55.7 Å². The fourth-order valence-electron chi connectivity index (χ4n) is 3.64. The van der Waals surface area contributed by atoms with Crippen LogP contribution < -0.4 is 10.2 Å². The van der Waals surface area contributed by atoms with Crippen LogP contribution >= 0.6 is 0 Å². The Morgan fingerprint density at radius 1 is 1.07 bits per heavy atom. The molecule has 28 heavy (non-hydrogen) atoms. The number of aromatic nitrogens is 1. The molecule has 0 amide bonds. The zero-order valence-corrected chi connectivity index (χ0v) is 17.0. The van der Waals surface area contributed by atoms with E-state index in [1.807, 2.05) is 25.1 Å². The molecule has 3 rings (SSSR count). The Morgan fingerprint density at radius 2 is 1.86 bits per heavy atom. The standard InChI is InChI=1S/C23H29N3O2/c1-4-26(5-2)15-9-14-24-22-19-13-12-17-10-7-8-11-18(17)21(19)25-16-20(22)23(27)28-6-3/h7-8,10-13,16H,4-6,9,14-15H2,1-3H3,(H,24,25)/p+1. The van der Waals surface area contributed by atoms with Crippen LogP contribution in [-0.2, 0) is 4.74 Å². The number of ether oxygens (including phenoxy) is 1. The highest BCUT2D eigenvalue weighted by Gasteiger charge is 2.17. The number of anilines is 1. The highest BCUT2D eigenvalue weighted by Crippen LogP contribution is 2.31. The number of esters is 1. The lowest BCUT2D eigenvalue weighted by Gasteiger charge is -2.17. The Balaban J connectivity index is 1.96. The number of carbonyl (C=O) groups excluding carboxylic acids is 1. The quantitative estimate of drug-likeness (QED) is 0.340. The van der Waals surface area contributed by atoms with E-state index >= 15 is 0 Å². The average Bonchev–Trinajstić information content (AvgIpc) is 2.73. The van der Waals surface area contributed by atoms with Gasteiger partial charge in [-0.25, -0.2) is 4.79 Å². The van der Waals surface area contributed by atoms with Crippen LogP contribution in [0.2, 0.25) is 0 Å². The van der Waals surface area contributed by atoms with Gasteiger partial charge in [0.25, 0.3) is 0 Å². The summed E-state index contributed by atoms with van der Waals surface area (Å²) in [6.45, 7) is 10.8. The predicted molar refractivity (Wildman–Crippen MR) is 115 cm³/mol. The number of nitrogens with zero attached hydrogens (tertiary/aromatic N) is 1. The summed E-state index contributed by atoms with van der Waals surface area (Å²) in [5.74, 6) is -0.332. The molecular weight excluding hydrogens is 350 g/mol. The van der Waals surface area contributed by atoms with Crippen molar-refractivity contribution >= 4 is 33.3 Å². The molecule has 0 saturated carbocycles. The molecule has 0 unspecified atom stereocenters. The first kappa shape index (κ1) is 20.1. The Bertz CT molecular complexity index is 951. The second kappa shape index (κ2) is 9.51. The van der Waals surface area contributed by atoms with Crippen LogP contribution in [0.15, 0.2) is 42.6 Å². The number of quaternary nitrogens is 1. The third kappa shape index (κ3) is 4.25. The number of nitrogens with one attached hydrogen (secondary N) is 2. The van der Waals surface area contributed by atoms with Crippen molar-refractivity contribution in [2.24, 2.45) is 0 Å². The summed E-state index contributed by atoms with van der Waals surface area (Å²) in [5.41, 5.74) is 2.23. The van der Waals surface area contributed by atoms with Gasteiger partial charge in [-0.05, 0) is 26.2 Å². The number of pyridine rings is 1.